The van der Waals surface area contributed by atoms with Crippen LogP contribution in [0, 0.1) is 0 Å². The molecule has 1 aliphatic carbocycles. The molecule has 5 nitrogen and oxygen atoms in total. The maximum absolute atomic E-state index is 13.4. The normalized spacial score (nSPS) is 18.4. The summed E-state index contributed by atoms with van der Waals surface area (Å²) in [4.78, 5) is 19.0. The van der Waals surface area contributed by atoms with E-state index in [1.165, 1.54) is 23.3 Å². The van der Waals surface area contributed by atoms with Gasteiger partial charge >= 0.3 is 0 Å². The first-order valence-corrected chi connectivity index (χ1v) is 10.00. The molecule has 0 saturated carbocycles. The van der Waals surface area contributed by atoms with Gasteiger partial charge in [0, 0.05) is 50.0 Å². The summed E-state index contributed by atoms with van der Waals surface area (Å²) in [5.74, 6) is 0.187. The van der Waals surface area contributed by atoms with Crippen LogP contribution in [0.15, 0.2) is 24.5 Å². The van der Waals surface area contributed by atoms with Crippen molar-refractivity contribution < 1.29 is 9.90 Å². The molecule has 6 heteroatoms. The third-order valence-electron chi connectivity index (χ3n) is 5.28. The highest BCUT2D eigenvalue weighted by Gasteiger charge is 2.30. The lowest BCUT2D eigenvalue weighted by molar-refractivity contribution is 0.0614. The number of hydrogen-bond donors (Lipinski definition) is 1. The highest BCUT2D eigenvalue weighted by molar-refractivity contribution is 7.15. The quantitative estimate of drug-likeness (QED) is 0.910. The molecular weight excluding hydrogens is 334 g/mol. The van der Waals surface area contributed by atoms with E-state index in [1.807, 2.05) is 29.4 Å². The molecule has 0 spiro atoms. The van der Waals surface area contributed by atoms with Crippen molar-refractivity contribution in [1.82, 2.24) is 14.4 Å². The zero-order valence-electron chi connectivity index (χ0n) is 14.5. The second-order valence-corrected chi connectivity index (χ2v) is 7.92. The number of piperazine rings is 1. The fourth-order valence-electron chi connectivity index (χ4n) is 3.90. The molecule has 2 aromatic heterocycles. The number of thiophene rings is 1. The lowest BCUT2D eigenvalue weighted by atomic mass is 9.95. The van der Waals surface area contributed by atoms with Crippen molar-refractivity contribution in [3.05, 3.63) is 40.5 Å². The molecule has 4 rings (SSSR count). The van der Waals surface area contributed by atoms with Crippen molar-refractivity contribution in [1.29, 1.82) is 0 Å². The zero-order chi connectivity index (χ0) is 17.2. The molecule has 0 unspecified atom stereocenters. The Labute approximate surface area is 152 Å². The van der Waals surface area contributed by atoms with Crippen molar-refractivity contribution in [3.8, 4) is 5.00 Å². The Kier molecular flexibility index (Phi) is 4.92. The Morgan fingerprint density at radius 3 is 2.52 bits per heavy atom. The van der Waals surface area contributed by atoms with Gasteiger partial charge in [-0.3, -0.25) is 9.69 Å². The smallest absolute Gasteiger partial charge is 0.257 e. The highest BCUT2D eigenvalue weighted by Crippen LogP contribution is 2.37. The number of rotatable bonds is 4. The van der Waals surface area contributed by atoms with Gasteiger partial charge < -0.3 is 14.6 Å². The molecule has 2 aliphatic rings. The van der Waals surface area contributed by atoms with Crippen LogP contribution < -0.4 is 0 Å². The summed E-state index contributed by atoms with van der Waals surface area (Å²) in [5.41, 5.74) is 2.23. The fraction of sp³-hybridized carbons (Fsp3) is 0.526. The van der Waals surface area contributed by atoms with Gasteiger partial charge in [-0.15, -0.1) is 11.3 Å². The molecule has 0 atom stereocenters. The molecule has 0 radical (unpaired) electrons. The van der Waals surface area contributed by atoms with E-state index in [0.29, 0.717) is 6.54 Å². The minimum atomic E-state index is 0.184. The van der Waals surface area contributed by atoms with Crippen molar-refractivity contribution in [2.45, 2.75) is 25.7 Å². The van der Waals surface area contributed by atoms with Crippen LogP contribution in [0.1, 0.15) is 33.6 Å². The van der Waals surface area contributed by atoms with Crippen molar-refractivity contribution in [3.63, 3.8) is 0 Å². The molecule has 1 saturated heterocycles. The van der Waals surface area contributed by atoms with Gasteiger partial charge in [0.15, 0.2) is 0 Å². The lowest BCUT2D eigenvalue weighted by Crippen LogP contribution is -2.49. The first kappa shape index (κ1) is 16.8. The summed E-state index contributed by atoms with van der Waals surface area (Å²) < 4.78 is 2.10. The average molecular weight is 359 g/mol. The van der Waals surface area contributed by atoms with Gasteiger partial charge in [-0.2, -0.15) is 0 Å². The highest BCUT2D eigenvalue weighted by atomic mass is 32.1. The summed E-state index contributed by atoms with van der Waals surface area (Å²) in [5, 5.41) is 10.2. The topological polar surface area (TPSA) is 48.7 Å². The first-order chi connectivity index (χ1) is 12.3. The predicted octanol–water partition coefficient (Wildman–Crippen LogP) is 2.17. The number of fused-ring (bicyclic) bond motifs is 1. The van der Waals surface area contributed by atoms with Gasteiger partial charge in [0.25, 0.3) is 5.91 Å². The Bertz CT molecular complexity index is 730. The number of aryl methyl sites for hydroxylation is 1. The summed E-state index contributed by atoms with van der Waals surface area (Å²) in [7, 11) is 0. The minimum absolute atomic E-state index is 0.184. The number of carbonyl (C=O) groups excluding carboxylic acids is 1. The molecule has 3 heterocycles. The minimum Gasteiger partial charge on any atom is -0.395 e. The van der Waals surface area contributed by atoms with Crippen LogP contribution in [-0.2, 0) is 12.8 Å². The second kappa shape index (κ2) is 7.32. The first-order valence-electron chi connectivity index (χ1n) is 9.18. The summed E-state index contributed by atoms with van der Waals surface area (Å²) in [6.45, 7) is 4.06. The second-order valence-electron chi connectivity index (χ2n) is 6.84. The van der Waals surface area contributed by atoms with E-state index in [4.69, 9.17) is 5.11 Å². The van der Waals surface area contributed by atoms with Crippen LogP contribution >= 0.6 is 11.3 Å². The van der Waals surface area contributed by atoms with E-state index < -0.39 is 0 Å². The van der Waals surface area contributed by atoms with Crippen LogP contribution in [0.4, 0.5) is 0 Å². The van der Waals surface area contributed by atoms with Crippen molar-refractivity contribution in [2.24, 2.45) is 0 Å². The number of carbonyl (C=O) groups is 1. The van der Waals surface area contributed by atoms with E-state index in [-0.39, 0.29) is 12.5 Å². The van der Waals surface area contributed by atoms with E-state index in [2.05, 4.69) is 9.47 Å². The number of β-amino-alcohol motifs (C(OH)–C–C–N with tert-alkyl or cyclic N) is 1. The van der Waals surface area contributed by atoms with Gasteiger partial charge in [-0.1, -0.05) is 0 Å². The molecule has 1 fully saturated rings. The number of aliphatic hydroxyl groups is 1. The van der Waals surface area contributed by atoms with Crippen LogP contribution in [-0.4, -0.2) is 64.7 Å². The molecular formula is C19H25N3O2S. The number of amides is 1. The van der Waals surface area contributed by atoms with Gasteiger partial charge in [-0.05, 0) is 43.4 Å². The Morgan fingerprint density at radius 2 is 1.80 bits per heavy atom. The number of hydrogen-bond acceptors (Lipinski definition) is 4. The number of aliphatic hydroxyl groups excluding tert-OH is 1. The fourth-order valence-corrected chi connectivity index (χ4v) is 5.24. The van der Waals surface area contributed by atoms with Crippen molar-refractivity contribution >= 4 is 17.2 Å². The van der Waals surface area contributed by atoms with Gasteiger partial charge in [0.05, 0.1) is 12.2 Å². The molecule has 1 N–H and O–H groups in total. The third-order valence-corrected chi connectivity index (χ3v) is 6.59. The van der Waals surface area contributed by atoms with Gasteiger partial charge in [0.1, 0.15) is 5.00 Å². The monoisotopic (exact) mass is 359 g/mol. The molecule has 2 aromatic rings. The summed E-state index contributed by atoms with van der Waals surface area (Å²) in [6.07, 6.45) is 8.61. The van der Waals surface area contributed by atoms with Gasteiger partial charge in [0.2, 0.25) is 0 Å². The number of nitrogens with zero attached hydrogens (tertiary/aromatic N) is 3. The maximum Gasteiger partial charge on any atom is 0.257 e. The standard InChI is InChI=1S/C19H25N3O2S/c23-14-13-20-9-11-21(12-10-20)18(24)17-15-5-1-2-6-16(15)25-19(17)22-7-3-4-8-22/h3-4,7-8,23H,1-2,5-6,9-14H2. The molecule has 0 bridgehead atoms. The largest absolute Gasteiger partial charge is 0.395 e. The van der Waals surface area contributed by atoms with E-state index in [0.717, 1.165) is 49.6 Å². The van der Waals surface area contributed by atoms with E-state index in [9.17, 15) is 4.79 Å². The third kappa shape index (κ3) is 3.26. The zero-order valence-corrected chi connectivity index (χ0v) is 15.3. The Balaban J connectivity index is 1.63. The van der Waals surface area contributed by atoms with E-state index in [1.54, 1.807) is 11.3 Å². The lowest BCUT2D eigenvalue weighted by Gasteiger charge is -2.34. The van der Waals surface area contributed by atoms with Crippen molar-refractivity contribution in [2.75, 3.05) is 39.3 Å². The van der Waals surface area contributed by atoms with Crippen LogP contribution in [0.5, 0.6) is 0 Å². The van der Waals surface area contributed by atoms with Crippen LogP contribution in [0.25, 0.3) is 5.00 Å². The molecule has 25 heavy (non-hydrogen) atoms. The molecule has 0 aromatic carbocycles. The Morgan fingerprint density at radius 1 is 1.08 bits per heavy atom. The SMILES string of the molecule is O=C(c1c(-n2cccc2)sc2c1CCCC2)N1CCN(CCO)CC1. The maximum atomic E-state index is 13.4. The van der Waals surface area contributed by atoms with Crippen LogP contribution in [0.2, 0.25) is 0 Å². The summed E-state index contributed by atoms with van der Waals surface area (Å²) in [6, 6.07) is 4.03. The van der Waals surface area contributed by atoms with E-state index >= 15 is 0 Å². The molecule has 134 valence electrons. The van der Waals surface area contributed by atoms with Crippen LogP contribution in [0.3, 0.4) is 0 Å². The average Bonchev–Trinajstić information content (AvgIpc) is 3.29. The molecule has 1 aliphatic heterocycles. The Hall–Kier alpha value is -1.63. The summed E-state index contributed by atoms with van der Waals surface area (Å²) >= 11 is 1.79. The molecule has 1 amide bonds. The van der Waals surface area contributed by atoms with Gasteiger partial charge in [-0.25, -0.2) is 0 Å². The predicted molar refractivity (Wildman–Crippen MR) is 99.7 cm³/mol. The number of aromatic nitrogens is 1.